The largest absolute Gasteiger partial charge is 0.416 e. The van der Waals surface area contributed by atoms with Gasteiger partial charge in [-0.3, -0.25) is 9.59 Å². The number of amides is 2. The molecule has 2 atom stereocenters. The second-order valence-corrected chi connectivity index (χ2v) is 11.8. The number of piperidine rings is 1. The highest BCUT2D eigenvalue weighted by molar-refractivity contribution is 7.86. The van der Waals surface area contributed by atoms with Crippen molar-refractivity contribution in [3.63, 3.8) is 0 Å². The zero-order valence-corrected chi connectivity index (χ0v) is 21.1. The maximum Gasteiger partial charge on any atom is 0.416 e. The van der Waals surface area contributed by atoms with Gasteiger partial charge in [0, 0.05) is 45.1 Å². The molecule has 208 valence electrons. The average Bonchev–Trinajstić information content (AvgIpc) is 3.30. The van der Waals surface area contributed by atoms with Gasteiger partial charge in [0.2, 0.25) is 11.8 Å². The minimum Gasteiger partial charge on any atom is -0.350 e. The highest BCUT2D eigenvalue weighted by Gasteiger charge is 2.51. The number of halogens is 5. The Labute approximate surface area is 217 Å². The lowest BCUT2D eigenvalue weighted by Crippen LogP contribution is -2.61. The molecule has 14 heteroatoms. The molecule has 2 amide bonds. The van der Waals surface area contributed by atoms with E-state index in [1.807, 2.05) is 0 Å². The lowest BCUT2D eigenvalue weighted by Gasteiger charge is -2.43. The van der Waals surface area contributed by atoms with Gasteiger partial charge in [0.15, 0.2) is 0 Å². The number of hydrogen-bond acceptors (Lipinski definition) is 4. The topological polar surface area (TPSA) is 90.0 Å². The average molecular weight is 563 g/mol. The molecule has 3 aliphatic rings. The van der Waals surface area contributed by atoms with Crippen LogP contribution in [-0.2, 0) is 32.5 Å². The van der Waals surface area contributed by atoms with E-state index in [9.17, 15) is 40.0 Å². The molecule has 1 aromatic rings. The molecule has 3 saturated heterocycles. The Hall–Kier alpha value is -2.76. The fourth-order valence-electron chi connectivity index (χ4n) is 4.95. The van der Waals surface area contributed by atoms with Gasteiger partial charge in [0.05, 0.1) is 18.0 Å². The Balaban J connectivity index is 1.40. The summed E-state index contributed by atoms with van der Waals surface area (Å²) in [6.07, 6.45) is 0.657. The zero-order valence-electron chi connectivity index (χ0n) is 20.3. The number of alkyl halides is 5. The fraction of sp³-hybridized carbons (Fsp3) is 0.583. The summed E-state index contributed by atoms with van der Waals surface area (Å²) in [5.74, 6) is -3.97. The van der Waals surface area contributed by atoms with E-state index < -0.39 is 71.2 Å². The summed E-state index contributed by atoms with van der Waals surface area (Å²) in [6, 6.07) is 3.28. The molecule has 0 aromatic heterocycles. The molecule has 1 aromatic carbocycles. The smallest absolute Gasteiger partial charge is 0.350 e. The summed E-state index contributed by atoms with van der Waals surface area (Å²) in [7, 11) is -4.24. The normalized spacial score (nSPS) is 25.0. The number of nitrogens with zero attached hydrogens (tertiary/aromatic N) is 3. The van der Waals surface area contributed by atoms with Gasteiger partial charge in [0.25, 0.3) is 16.1 Å². The van der Waals surface area contributed by atoms with Gasteiger partial charge in [-0.1, -0.05) is 12.1 Å². The quantitative estimate of drug-likeness (QED) is 0.425. The van der Waals surface area contributed by atoms with Crippen molar-refractivity contribution in [2.45, 2.75) is 43.9 Å². The molecule has 0 bridgehead atoms. The van der Waals surface area contributed by atoms with Crippen LogP contribution in [0.5, 0.6) is 0 Å². The minimum absolute atomic E-state index is 0.0207. The number of rotatable bonds is 6. The van der Waals surface area contributed by atoms with Crippen LogP contribution in [0.3, 0.4) is 0 Å². The number of terminal acetylenes is 1. The highest BCUT2D eigenvalue weighted by atomic mass is 32.2. The van der Waals surface area contributed by atoms with Crippen molar-refractivity contribution in [2.24, 2.45) is 11.8 Å². The van der Waals surface area contributed by atoms with Crippen LogP contribution in [0.2, 0.25) is 0 Å². The van der Waals surface area contributed by atoms with Crippen LogP contribution in [-0.4, -0.2) is 78.4 Å². The number of likely N-dealkylation sites (tertiary alicyclic amines) is 1. The SMILES string of the molecule is C#CC1CN(S(=O)(=O)N2CC(C(=O)N3CCC[C@@H]3C(=O)NCc3ccc(C(F)(F)F)cc3)CC(F)(F)C2)C1. The molecule has 1 N–H and O–H groups in total. The number of hydrogen-bond donors (Lipinski definition) is 1. The molecule has 1 unspecified atom stereocenters. The second-order valence-electron chi connectivity index (χ2n) is 9.84. The minimum atomic E-state index is -4.49. The van der Waals surface area contributed by atoms with Crippen LogP contribution in [0.4, 0.5) is 22.0 Å². The second kappa shape index (κ2) is 10.4. The zero-order chi connectivity index (χ0) is 27.9. The van der Waals surface area contributed by atoms with E-state index in [1.165, 1.54) is 17.0 Å². The maximum absolute atomic E-state index is 14.6. The maximum atomic E-state index is 14.6. The van der Waals surface area contributed by atoms with Crippen molar-refractivity contribution in [1.82, 2.24) is 18.8 Å². The Kier molecular flexibility index (Phi) is 7.75. The standard InChI is InChI=1S/C24H27F5N4O4S/c1-2-16-12-31(13-16)38(36,37)32-14-18(10-23(25,26)15-32)22(35)33-9-3-4-20(33)21(34)30-11-17-5-7-19(8-6-17)24(27,28)29/h1,5-8,16,18,20H,3-4,9-15H2,(H,30,34)/t18?,20-/m1/s1. The Bertz CT molecular complexity index is 1210. The summed E-state index contributed by atoms with van der Waals surface area (Å²) in [6.45, 7) is -1.39. The first-order valence-corrected chi connectivity index (χ1v) is 13.4. The molecule has 0 aliphatic carbocycles. The summed E-state index contributed by atoms with van der Waals surface area (Å²) in [5, 5.41) is 2.58. The van der Waals surface area contributed by atoms with Gasteiger partial charge >= 0.3 is 6.18 Å². The molecule has 0 spiro atoms. The molecule has 38 heavy (non-hydrogen) atoms. The summed E-state index contributed by atoms with van der Waals surface area (Å²) in [5.41, 5.74) is -0.418. The van der Waals surface area contributed by atoms with Gasteiger partial charge in [0.1, 0.15) is 6.04 Å². The molecule has 8 nitrogen and oxygen atoms in total. The summed E-state index contributed by atoms with van der Waals surface area (Å²) in [4.78, 5) is 27.3. The first-order chi connectivity index (χ1) is 17.7. The van der Waals surface area contributed by atoms with Crippen LogP contribution >= 0.6 is 0 Å². The van der Waals surface area contributed by atoms with E-state index in [0.29, 0.717) is 16.3 Å². The van der Waals surface area contributed by atoms with Crippen molar-refractivity contribution >= 4 is 22.0 Å². The number of benzene rings is 1. The summed E-state index contributed by atoms with van der Waals surface area (Å²) >= 11 is 0. The van der Waals surface area contributed by atoms with Crippen LogP contribution < -0.4 is 5.32 Å². The van der Waals surface area contributed by atoms with E-state index in [0.717, 1.165) is 16.4 Å². The van der Waals surface area contributed by atoms with E-state index in [1.54, 1.807) is 0 Å². The predicted octanol–water partition coefficient (Wildman–Crippen LogP) is 2.08. The first-order valence-electron chi connectivity index (χ1n) is 12.0. The van der Waals surface area contributed by atoms with Gasteiger partial charge in [-0.25, -0.2) is 8.78 Å². The molecule has 3 aliphatic heterocycles. The van der Waals surface area contributed by atoms with Crippen molar-refractivity contribution in [2.75, 3.05) is 32.7 Å². The van der Waals surface area contributed by atoms with Crippen molar-refractivity contribution in [3.8, 4) is 12.3 Å². The highest BCUT2D eigenvalue weighted by Crippen LogP contribution is 2.36. The molecule has 3 fully saturated rings. The number of nitrogens with one attached hydrogen (secondary N) is 1. The summed E-state index contributed by atoms with van der Waals surface area (Å²) < 4.78 is 94.8. The van der Waals surface area contributed by atoms with E-state index in [-0.39, 0.29) is 38.5 Å². The molecular formula is C24H27F5N4O4S. The van der Waals surface area contributed by atoms with Crippen molar-refractivity contribution in [3.05, 3.63) is 35.4 Å². The third-order valence-corrected chi connectivity index (χ3v) is 8.93. The van der Waals surface area contributed by atoms with Crippen LogP contribution in [0.15, 0.2) is 24.3 Å². The predicted molar refractivity (Wildman–Crippen MR) is 125 cm³/mol. The van der Waals surface area contributed by atoms with Crippen molar-refractivity contribution < 1.29 is 40.0 Å². The van der Waals surface area contributed by atoms with E-state index in [4.69, 9.17) is 6.42 Å². The Morgan fingerprint density at radius 2 is 1.76 bits per heavy atom. The molecular weight excluding hydrogens is 535 g/mol. The van der Waals surface area contributed by atoms with Crippen LogP contribution in [0.25, 0.3) is 0 Å². The third-order valence-electron chi connectivity index (χ3n) is 7.05. The van der Waals surface area contributed by atoms with Gasteiger partial charge in [-0.15, -0.1) is 12.3 Å². The Morgan fingerprint density at radius 3 is 2.37 bits per heavy atom. The van der Waals surface area contributed by atoms with Gasteiger partial charge < -0.3 is 10.2 Å². The third kappa shape index (κ3) is 5.94. The number of carbonyl (C=O) groups excluding carboxylic acids is 2. The molecule has 0 saturated carbocycles. The molecule has 4 rings (SSSR count). The van der Waals surface area contributed by atoms with Gasteiger partial charge in [-0.2, -0.15) is 30.2 Å². The van der Waals surface area contributed by atoms with Crippen LogP contribution in [0.1, 0.15) is 30.4 Å². The monoisotopic (exact) mass is 562 g/mol. The fourth-order valence-corrected chi connectivity index (χ4v) is 6.73. The Morgan fingerprint density at radius 1 is 1.11 bits per heavy atom. The van der Waals surface area contributed by atoms with Crippen LogP contribution in [0, 0.1) is 24.2 Å². The molecule has 3 heterocycles. The lowest BCUT2D eigenvalue weighted by atomic mass is 9.95. The first kappa shape index (κ1) is 28.3. The van der Waals surface area contributed by atoms with Gasteiger partial charge in [-0.05, 0) is 30.5 Å². The van der Waals surface area contributed by atoms with Crippen molar-refractivity contribution in [1.29, 1.82) is 0 Å². The lowest BCUT2D eigenvalue weighted by molar-refractivity contribution is -0.148. The molecule has 0 radical (unpaired) electrons. The van der Waals surface area contributed by atoms with E-state index >= 15 is 0 Å². The van der Waals surface area contributed by atoms with E-state index in [2.05, 4.69) is 11.2 Å². The number of carbonyl (C=O) groups is 2.